The summed E-state index contributed by atoms with van der Waals surface area (Å²) in [6.45, 7) is 4.61. The lowest BCUT2D eigenvalue weighted by molar-refractivity contribution is -0.139. The van der Waals surface area contributed by atoms with Gasteiger partial charge in [0.05, 0.1) is 23.9 Å². The van der Waals surface area contributed by atoms with Crippen LogP contribution in [0.2, 0.25) is 5.02 Å². The van der Waals surface area contributed by atoms with E-state index in [0.717, 1.165) is 3.57 Å². The number of nitrogens with zero attached hydrogens (tertiary/aromatic N) is 1. The third kappa shape index (κ3) is 3.63. The Kier molecular flexibility index (Phi) is 4.94. The maximum atomic E-state index is 12.6. The minimum Gasteiger partial charge on any atom is -0.394 e. The fraction of sp³-hybridized carbons (Fsp3) is 0.500. The van der Waals surface area contributed by atoms with Gasteiger partial charge in [0.1, 0.15) is 0 Å². The second-order valence-electron chi connectivity index (χ2n) is 5.49. The van der Waals surface area contributed by atoms with Crippen LogP contribution in [0.15, 0.2) is 18.2 Å². The SMILES string of the molecule is CC1(C)CN(C(=O)c2cc(Cl)ccc2I)CC(CO)O1. The number of carbonyl (C=O) groups is 1. The molecule has 1 saturated heterocycles. The molecule has 0 saturated carbocycles. The number of rotatable bonds is 2. The molecule has 1 amide bonds. The van der Waals surface area contributed by atoms with E-state index in [1.54, 1.807) is 17.0 Å². The van der Waals surface area contributed by atoms with Gasteiger partial charge in [0.25, 0.3) is 5.91 Å². The summed E-state index contributed by atoms with van der Waals surface area (Å²) in [4.78, 5) is 14.4. The van der Waals surface area contributed by atoms with Gasteiger partial charge >= 0.3 is 0 Å². The van der Waals surface area contributed by atoms with Crippen LogP contribution < -0.4 is 0 Å². The van der Waals surface area contributed by atoms with Crippen LogP contribution in [0.1, 0.15) is 24.2 Å². The molecule has 1 aromatic carbocycles. The maximum Gasteiger partial charge on any atom is 0.255 e. The average Bonchev–Trinajstić information content (AvgIpc) is 2.38. The van der Waals surface area contributed by atoms with Crippen molar-refractivity contribution in [3.63, 3.8) is 0 Å². The molecule has 0 aliphatic carbocycles. The number of amides is 1. The number of halogens is 2. The van der Waals surface area contributed by atoms with Crippen molar-refractivity contribution in [3.05, 3.63) is 32.4 Å². The number of ether oxygens (including phenoxy) is 1. The average molecular weight is 410 g/mol. The summed E-state index contributed by atoms with van der Waals surface area (Å²) >= 11 is 8.10. The zero-order valence-corrected chi connectivity index (χ0v) is 14.3. The fourth-order valence-electron chi connectivity index (χ4n) is 2.38. The molecule has 1 aliphatic rings. The van der Waals surface area contributed by atoms with Crippen molar-refractivity contribution in [2.45, 2.75) is 25.6 Å². The Morgan fingerprint density at radius 3 is 2.95 bits per heavy atom. The third-order valence-electron chi connectivity index (χ3n) is 3.13. The molecule has 4 nitrogen and oxygen atoms in total. The van der Waals surface area contributed by atoms with Crippen LogP contribution in [0.4, 0.5) is 0 Å². The Labute approximate surface area is 137 Å². The summed E-state index contributed by atoms with van der Waals surface area (Å²) in [6.07, 6.45) is -0.348. The standard InChI is InChI=1S/C14H17ClINO3/c1-14(2)8-17(6-10(7-18)20-14)13(19)11-5-9(15)3-4-12(11)16/h3-5,10,18H,6-8H2,1-2H3. The quantitative estimate of drug-likeness (QED) is 0.764. The molecule has 1 unspecified atom stereocenters. The number of hydrogen-bond acceptors (Lipinski definition) is 3. The lowest BCUT2D eigenvalue weighted by Crippen LogP contribution is -2.55. The Bertz CT molecular complexity index is 521. The van der Waals surface area contributed by atoms with E-state index in [-0.39, 0.29) is 18.6 Å². The highest BCUT2D eigenvalue weighted by molar-refractivity contribution is 14.1. The van der Waals surface area contributed by atoms with Crippen LogP contribution in [0.25, 0.3) is 0 Å². The van der Waals surface area contributed by atoms with E-state index in [1.807, 2.05) is 19.9 Å². The highest BCUT2D eigenvalue weighted by atomic mass is 127. The summed E-state index contributed by atoms with van der Waals surface area (Å²) in [5.74, 6) is -0.0771. The molecular formula is C14H17ClINO3. The lowest BCUT2D eigenvalue weighted by atomic mass is 10.0. The molecule has 1 heterocycles. The summed E-state index contributed by atoms with van der Waals surface area (Å²) in [5.41, 5.74) is 0.123. The van der Waals surface area contributed by atoms with Crippen molar-refractivity contribution in [1.29, 1.82) is 0 Å². The first-order chi connectivity index (χ1) is 9.32. The van der Waals surface area contributed by atoms with Gasteiger partial charge in [0.2, 0.25) is 0 Å². The first-order valence-electron chi connectivity index (χ1n) is 6.35. The van der Waals surface area contributed by atoms with Gasteiger partial charge in [-0.2, -0.15) is 0 Å². The number of aliphatic hydroxyl groups is 1. The van der Waals surface area contributed by atoms with Crippen LogP contribution in [0.3, 0.4) is 0 Å². The molecule has 0 spiro atoms. The molecule has 0 bridgehead atoms. The van der Waals surface area contributed by atoms with E-state index in [4.69, 9.17) is 16.3 Å². The van der Waals surface area contributed by atoms with E-state index in [0.29, 0.717) is 23.7 Å². The monoisotopic (exact) mass is 409 g/mol. The van der Waals surface area contributed by atoms with Crippen LogP contribution in [0.5, 0.6) is 0 Å². The first-order valence-corrected chi connectivity index (χ1v) is 7.81. The van der Waals surface area contributed by atoms with Gasteiger partial charge in [0.15, 0.2) is 0 Å². The van der Waals surface area contributed by atoms with Crippen molar-refractivity contribution >= 4 is 40.1 Å². The normalized spacial score (nSPS) is 21.9. The van der Waals surface area contributed by atoms with Gasteiger partial charge < -0.3 is 14.7 Å². The minimum absolute atomic E-state index is 0.0771. The summed E-state index contributed by atoms with van der Waals surface area (Å²) in [5, 5.41) is 9.85. The van der Waals surface area contributed by atoms with Gasteiger partial charge in [-0.25, -0.2) is 0 Å². The minimum atomic E-state index is -0.467. The number of carbonyl (C=O) groups excluding carboxylic acids is 1. The predicted molar refractivity (Wildman–Crippen MR) is 86.1 cm³/mol. The number of benzene rings is 1. The molecule has 1 atom stereocenters. The number of aliphatic hydroxyl groups excluding tert-OH is 1. The molecule has 1 aliphatic heterocycles. The maximum absolute atomic E-state index is 12.6. The molecular weight excluding hydrogens is 393 g/mol. The van der Waals surface area contributed by atoms with E-state index >= 15 is 0 Å². The second-order valence-corrected chi connectivity index (χ2v) is 7.09. The van der Waals surface area contributed by atoms with Gasteiger partial charge in [-0.15, -0.1) is 0 Å². The van der Waals surface area contributed by atoms with Gasteiger partial charge in [-0.05, 0) is 54.6 Å². The van der Waals surface area contributed by atoms with Crippen molar-refractivity contribution in [3.8, 4) is 0 Å². The zero-order chi connectivity index (χ0) is 14.9. The largest absolute Gasteiger partial charge is 0.394 e. The highest BCUT2D eigenvalue weighted by Gasteiger charge is 2.36. The van der Waals surface area contributed by atoms with E-state index in [2.05, 4.69) is 22.6 Å². The predicted octanol–water partition coefficient (Wildman–Crippen LogP) is 2.56. The molecule has 1 fully saturated rings. The van der Waals surface area contributed by atoms with Crippen molar-refractivity contribution in [2.75, 3.05) is 19.7 Å². The molecule has 0 aromatic heterocycles. The molecule has 1 N–H and O–H groups in total. The first kappa shape index (κ1) is 16.0. The molecule has 6 heteroatoms. The Morgan fingerprint density at radius 1 is 1.60 bits per heavy atom. The third-order valence-corrected chi connectivity index (χ3v) is 4.31. The molecule has 0 radical (unpaired) electrons. The molecule has 2 rings (SSSR count). The molecule has 110 valence electrons. The van der Waals surface area contributed by atoms with Crippen LogP contribution in [-0.4, -0.2) is 47.3 Å². The van der Waals surface area contributed by atoms with Crippen LogP contribution >= 0.6 is 34.2 Å². The highest BCUT2D eigenvalue weighted by Crippen LogP contribution is 2.25. The van der Waals surface area contributed by atoms with E-state index in [1.165, 1.54) is 0 Å². The fourth-order valence-corrected chi connectivity index (χ4v) is 3.12. The summed E-state index contributed by atoms with van der Waals surface area (Å²) in [6, 6.07) is 5.27. The topological polar surface area (TPSA) is 49.8 Å². The van der Waals surface area contributed by atoms with Crippen molar-refractivity contribution in [2.24, 2.45) is 0 Å². The van der Waals surface area contributed by atoms with E-state index in [9.17, 15) is 9.90 Å². The second kappa shape index (κ2) is 6.17. The Balaban J connectivity index is 2.25. The zero-order valence-electron chi connectivity index (χ0n) is 11.4. The summed E-state index contributed by atoms with van der Waals surface area (Å²) in [7, 11) is 0. The van der Waals surface area contributed by atoms with Gasteiger partial charge in [-0.3, -0.25) is 4.79 Å². The van der Waals surface area contributed by atoms with E-state index < -0.39 is 5.60 Å². The van der Waals surface area contributed by atoms with Crippen molar-refractivity contribution < 1.29 is 14.6 Å². The smallest absolute Gasteiger partial charge is 0.255 e. The number of morpholine rings is 1. The lowest BCUT2D eigenvalue weighted by Gasteiger charge is -2.42. The summed E-state index contributed by atoms with van der Waals surface area (Å²) < 4.78 is 6.58. The molecule has 20 heavy (non-hydrogen) atoms. The Morgan fingerprint density at radius 2 is 2.30 bits per heavy atom. The molecule has 1 aromatic rings. The van der Waals surface area contributed by atoms with Gasteiger partial charge in [-0.1, -0.05) is 11.6 Å². The van der Waals surface area contributed by atoms with Crippen molar-refractivity contribution in [1.82, 2.24) is 4.90 Å². The number of hydrogen-bond donors (Lipinski definition) is 1. The van der Waals surface area contributed by atoms with Crippen LogP contribution in [-0.2, 0) is 4.74 Å². The van der Waals surface area contributed by atoms with Gasteiger partial charge in [0, 0.05) is 21.7 Å². The van der Waals surface area contributed by atoms with Crippen LogP contribution in [0, 0.1) is 3.57 Å². The Hall–Kier alpha value is -0.370.